The number of imide groups is 1. The monoisotopic (exact) mass is 570 g/mol. The number of methoxy groups -OCH3 is 1. The summed E-state index contributed by atoms with van der Waals surface area (Å²) in [5.74, 6) is -0.587. The molecule has 0 spiro atoms. The van der Waals surface area contributed by atoms with Crippen LogP contribution in [0.5, 0.6) is 11.5 Å². The van der Waals surface area contributed by atoms with Gasteiger partial charge in [-0.25, -0.2) is 4.39 Å². The molecule has 1 aliphatic rings. The lowest BCUT2D eigenvalue weighted by Gasteiger charge is -2.16. The molecular formula is C22H20FIN2O5S. The number of nitrogens with zero attached hydrogens (tertiary/aromatic N) is 1. The van der Waals surface area contributed by atoms with Crippen molar-refractivity contribution in [2.75, 3.05) is 19.0 Å². The molecule has 0 atom stereocenters. The van der Waals surface area contributed by atoms with Gasteiger partial charge in [0.25, 0.3) is 11.1 Å². The van der Waals surface area contributed by atoms with Gasteiger partial charge in [0.1, 0.15) is 12.4 Å². The van der Waals surface area contributed by atoms with Crippen LogP contribution >= 0.6 is 34.4 Å². The summed E-state index contributed by atoms with van der Waals surface area (Å²) in [6, 6.07) is 8.87. The molecule has 1 heterocycles. The van der Waals surface area contributed by atoms with E-state index in [0.29, 0.717) is 17.1 Å². The summed E-state index contributed by atoms with van der Waals surface area (Å²) in [6.45, 7) is 3.34. The third-order valence-electron chi connectivity index (χ3n) is 4.19. The first-order valence-corrected chi connectivity index (χ1v) is 11.4. The van der Waals surface area contributed by atoms with Crippen molar-refractivity contribution in [1.29, 1.82) is 0 Å². The van der Waals surface area contributed by atoms with E-state index in [0.717, 1.165) is 26.3 Å². The van der Waals surface area contributed by atoms with Crippen molar-refractivity contribution in [3.8, 4) is 11.5 Å². The number of rotatable bonds is 7. The lowest BCUT2D eigenvalue weighted by atomic mass is 10.2. The van der Waals surface area contributed by atoms with Gasteiger partial charge in [-0.1, -0.05) is 6.07 Å². The fourth-order valence-corrected chi connectivity index (χ4v) is 4.46. The van der Waals surface area contributed by atoms with Gasteiger partial charge in [0, 0.05) is 5.69 Å². The average Bonchev–Trinajstić information content (AvgIpc) is 2.96. The fourth-order valence-electron chi connectivity index (χ4n) is 2.87. The van der Waals surface area contributed by atoms with Crippen LogP contribution in [-0.2, 0) is 9.59 Å². The van der Waals surface area contributed by atoms with E-state index in [9.17, 15) is 18.8 Å². The Kier molecular flexibility index (Phi) is 7.77. The number of amides is 3. The minimum Gasteiger partial charge on any atom is -0.493 e. The quantitative estimate of drug-likeness (QED) is 0.377. The van der Waals surface area contributed by atoms with E-state index in [1.807, 2.05) is 19.9 Å². The third-order valence-corrected chi connectivity index (χ3v) is 5.90. The molecule has 0 unspecified atom stereocenters. The molecular weight excluding hydrogens is 550 g/mol. The number of thioether (sulfide) groups is 1. The van der Waals surface area contributed by atoms with Gasteiger partial charge >= 0.3 is 0 Å². The highest BCUT2D eigenvalue weighted by Crippen LogP contribution is 2.37. The molecule has 10 heteroatoms. The number of halogens is 2. The van der Waals surface area contributed by atoms with Crippen molar-refractivity contribution in [1.82, 2.24) is 4.90 Å². The molecule has 32 heavy (non-hydrogen) atoms. The van der Waals surface area contributed by atoms with Gasteiger partial charge < -0.3 is 14.8 Å². The smallest absolute Gasteiger partial charge is 0.294 e. The zero-order valence-corrected chi connectivity index (χ0v) is 20.5. The van der Waals surface area contributed by atoms with Crippen molar-refractivity contribution in [3.05, 3.63) is 56.3 Å². The largest absolute Gasteiger partial charge is 0.493 e. The first kappa shape index (κ1) is 24.1. The molecule has 168 valence electrons. The zero-order chi connectivity index (χ0) is 23.4. The maximum absolute atomic E-state index is 13.3. The summed E-state index contributed by atoms with van der Waals surface area (Å²) < 4.78 is 25.3. The van der Waals surface area contributed by atoms with Crippen LogP contribution in [0.4, 0.5) is 14.9 Å². The second-order valence-electron chi connectivity index (χ2n) is 7.03. The van der Waals surface area contributed by atoms with E-state index < -0.39 is 29.4 Å². The van der Waals surface area contributed by atoms with E-state index in [-0.39, 0.29) is 16.7 Å². The van der Waals surface area contributed by atoms with Gasteiger partial charge in [-0.05, 0) is 90.2 Å². The van der Waals surface area contributed by atoms with Crippen molar-refractivity contribution < 1.29 is 28.2 Å². The molecule has 1 fully saturated rings. The van der Waals surface area contributed by atoms with Gasteiger partial charge in [0.15, 0.2) is 11.5 Å². The molecule has 3 amide bonds. The molecule has 1 saturated heterocycles. The van der Waals surface area contributed by atoms with Crippen molar-refractivity contribution in [2.24, 2.45) is 0 Å². The van der Waals surface area contributed by atoms with Gasteiger partial charge in [-0.2, -0.15) is 0 Å². The molecule has 0 aromatic heterocycles. The molecule has 0 radical (unpaired) electrons. The molecule has 7 nitrogen and oxygen atoms in total. The zero-order valence-electron chi connectivity index (χ0n) is 17.5. The standard InChI is InChI=1S/C22H20FIN2O5S/c1-12(2)31-20-16(24)7-13(8-17(20)30-3)9-18-21(28)26(22(29)32-18)11-19(27)25-15-6-4-5-14(23)10-15/h4-10,12H,11H2,1-3H3,(H,25,27)/b18-9+. The SMILES string of the molecule is COc1cc(/C=C2/SC(=O)N(CC(=O)Nc3cccc(F)c3)C2=O)cc(I)c1OC(C)C. The van der Waals surface area contributed by atoms with E-state index in [1.165, 1.54) is 25.3 Å². The maximum Gasteiger partial charge on any atom is 0.294 e. The molecule has 0 saturated carbocycles. The van der Waals surface area contributed by atoms with Crippen LogP contribution in [0.3, 0.4) is 0 Å². The molecule has 1 N–H and O–H groups in total. The van der Waals surface area contributed by atoms with E-state index in [2.05, 4.69) is 27.9 Å². The number of anilines is 1. The normalized spacial score (nSPS) is 14.9. The number of hydrogen-bond acceptors (Lipinski definition) is 6. The molecule has 2 aromatic carbocycles. The maximum atomic E-state index is 13.3. The molecule has 0 bridgehead atoms. The number of carbonyl (C=O) groups excluding carboxylic acids is 3. The summed E-state index contributed by atoms with van der Waals surface area (Å²) in [4.78, 5) is 38.4. The molecule has 1 aliphatic heterocycles. The fraction of sp³-hybridized carbons (Fsp3) is 0.227. The first-order valence-electron chi connectivity index (χ1n) is 9.53. The van der Waals surface area contributed by atoms with Crippen molar-refractivity contribution >= 4 is 63.2 Å². The lowest BCUT2D eigenvalue weighted by molar-refractivity contribution is -0.127. The second kappa shape index (κ2) is 10.3. The molecule has 3 rings (SSSR count). The Morgan fingerprint density at radius 1 is 1.28 bits per heavy atom. The van der Waals surface area contributed by atoms with Crippen LogP contribution in [0.25, 0.3) is 6.08 Å². The summed E-state index contributed by atoms with van der Waals surface area (Å²) in [6.07, 6.45) is 1.53. The van der Waals surface area contributed by atoms with Crippen molar-refractivity contribution in [2.45, 2.75) is 20.0 Å². The Morgan fingerprint density at radius 2 is 2.03 bits per heavy atom. The van der Waals surface area contributed by atoms with Crippen molar-refractivity contribution in [3.63, 3.8) is 0 Å². The number of nitrogens with one attached hydrogen (secondary N) is 1. The molecule has 2 aromatic rings. The van der Waals surface area contributed by atoms with Gasteiger partial charge in [0.2, 0.25) is 5.91 Å². The van der Waals surface area contributed by atoms with Crippen LogP contribution < -0.4 is 14.8 Å². The Bertz CT molecular complexity index is 1110. The van der Waals surface area contributed by atoms with Crippen LogP contribution in [-0.4, -0.2) is 41.7 Å². The van der Waals surface area contributed by atoms with Crippen LogP contribution in [0, 0.1) is 9.39 Å². The van der Waals surface area contributed by atoms with Gasteiger partial charge in [-0.15, -0.1) is 0 Å². The van der Waals surface area contributed by atoms with Gasteiger partial charge in [-0.3, -0.25) is 19.3 Å². The van der Waals surface area contributed by atoms with Crippen LogP contribution in [0.1, 0.15) is 19.4 Å². The summed E-state index contributed by atoms with van der Waals surface area (Å²) in [7, 11) is 1.52. The number of carbonyl (C=O) groups is 3. The predicted octanol–water partition coefficient (Wildman–Crippen LogP) is 4.90. The Labute approximate surface area is 202 Å². The first-order chi connectivity index (χ1) is 15.2. The Hall–Kier alpha value is -2.60. The topological polar surface area (TPSA) is 84.9 Å². The highest BCUT2D eigenvalue weighted by molar-refractivity contribution is 14.1. The number of hydrogen-bond donors (Lipinski definition) is 1. The minimum absolute atomic E-state index is 0.0432. The van der Waals surface area contributed by atoms with E-state index in [1.54, 1.807) is 12.1 Å². The predicted molar refractivity (Wildman–Crippen MR) is 129 cm³/mol. The molecule has 0 aliphatic carbocycles. The number of ether oxygens (including phenoxy) is 2. The average molecular weight is 570 g/mol. The summed E-state index contributed by atoms with van der Waals surface area (Å²) in [5, 5.41) is 1.92. The summed E-state index contributed by atoms with van der Waals surface area (Å²) >= 11 is 2.86. The highest BCUT2D eigenvalue weighted by Gasteiger charge is 2.36. The Morgan fingerprint density at radius 3 is 2.69 bits per heavy atom. The highest BCUT2D eigenvalue weighted by atomic mass is 127. The lowest BCUT2D eigenvalue weighted by Crippen LogP contribution is -2.36. The Balaban J connectivity index is 1.76. The minimum atomic E-state index is -0.606. The van der Waals surface area contributed by atoms with Crippen LogP contribution in [0.2, 0.25) is 0 Å². The third kappa shape index (κ3) is 5.80. The summed E-state index contributed by atoms with van der Waals surface area (Å²) in [5.41, 5.74) is 0.889. The number of benzene rings is 2. The van der Waals surface area contributed by atoms with Gasteiger partial charge in [0.05, 0.1) is 21.7 Å². The van der Waals surface area contributed by atoms with Crippen LogP contribution in [0.15, 0.2) is 41.3 Å². The van der Waals surface area contributed by atoms with E-state index >= 15 is 0 Å². The second-order valence-corrected chi connectivity index (χ2v) is 9.18. The van der Waals surface area contributed by atoms with E-state index in [4.69, 9.17) is 9.47 Å².